The lowest BCUT2D eigenvalue weighted by Gasteiger charge is -2.40. The Morgan fingerprint density at radius 2 is 1.95 bits per heavy atom. The summed E-state index contributed by atoms with van der Waals surface area (Å²) in [6, 6.07) is 0.900. The number of rotatable bonds is 2. The summed E-state index contributed by atoms with van der Waals surface area (Å²) in [6.45, 7) is 6.66. The summed E-state index contributed by atoms with van der Waals surface area (Å²) in [6.07, 6.45) is 5.99. The third-order valence-corrected chi connectivity index (χ3v) is 6.14. The van der Waals surface area contributed by atoms with Crippen molar-refractivity contribution in [3.63, 3.8) is 0 Å². The topological polar surface area (TPSA) is 32.3 Å². The molecule has 2 bridgehead atoms. The van der Waals surface area contributed by atoms with E-state index < -0.39 is 0 Å². The Balaban J connectivity index is 1.37. The van der Waals surface area contributed by atoms with Gasteiger partial charge in [-0.25, -0.2) is 4.98 Å². The summed E-state index contributed by atoms with van der Waals surface area (Å²) in [4.78, 5) is 9.68. The highest BCUT2D eigenvalue weighted by Gasteiger charge is 2.42. The van der Waals surface area contributed by atoms with Gasteiger partial charge in [0.05, 0.1) is 0 Å². The largest absolute Gasteiger partial charge is 0.344 e. The van der Waals surface area contributed by atoms with E-state index >= 15 is 0 Å². The van der Waals surface area contributed by atoms with Crippen molar-refractivity contribution in [3.8, 4) is 0 Å². The number of piperazine rings is 1. The maximum atomic E-state index is 4.51. The standard InChI is InChI=1S/C14H22N4S/c1-10-15-14(19-16-10)18-6-4-17(5-7-18)13-9-11-2-3-12(13)8-11/h11-13H,2-9H2,1H3/t11-,12-,13-/m0/s1. The minimum absolute atomic E-state index is 0.900. The van der Waals surface area contributed by atoms with Crippen LogP contribution in [-0.2, 0) is 0 Å². The van der Waals surface area contributed by atoms with Crippen LogP contribution in [0.25, 0.3) is 0 Å². The maximum Gasteiger partial charge on any atom is 0.205 e. The van der Waals surface area contributed by atoms with Crippen molar-refractivity contribution in [1.29, 1.82) is 0 Å². The number of aryl methyl sites for hydroxylation is 1. The summed E-state index contributed by atoms with van der Waals surface area (Å²) in [5, 5.41) is 1.12. The molecular weight excluding hydrogens is 256 g/mol. The molecule has 3 aliphatic rings. The van der Waals surface area contributed by atoms with Gasteiger partial charge in [-0.15, -0.1) is 0 Å². The molecule has 5 heteroatoms. The van der Waals surface area contributed by atoms with Crippen molar-refractivity contribution in [2.45, 2.75) is 38.6 Å². The zero-order valence-corrected chi connectivity index (χ0v) is 12.4. The van der Waals surface area contributed by atoms with Gasteiger partial charge in [-0.05, 0) is 38.0 Å². The van der Waals surface area contributed by atoms with Crippen LogP contribution in [0.2, 0.25) is 0 Å². The van der Waals surface area contributed by atoms with E-state index in [0.717, 1.165) is 41.9 Å². The second-order valence-electron chi connectivity index (χ2n) is 6.39. The average Bonchev–Trinajstić information content (AvgIpc) is 3.14. The van der Waals surface area contributed by atoms with Crippen molar-refractivity contribution in [2.75, 3.05) is 31.1 Å². The van der Waals surface area contributed by atoms with Crippen molar-refractivity contribution < 1.29 is 0 Å². The second-order valence-corrected chi connectivity index (χ2v) is 7.12. The van der Waals surface area contributed by atoms with Crippen molar-refractivity contribution in [1.82, 2.24) is 14.3 Å². The van der Waals surface area contributed by atoms with Crippen molar-refractivity contribution >= 4 is 16.7 Å². The molecule has 4 nitrogen and oxygen atoms in total. The summed E-state index contributed by atoms with van der Waals surface area (Å²) in [5.41, 5.74) is 0. The lowest BCUT2D eigenvalue weighted by atomic mass is 9.93. The Kier molecular flexibility index (Phi) is 2.99. The minimum Gasteiger partial charge on any atom is -0.344 e. The second kappa shape index (κ2) is 4.70. The van der Waals surface area contributed by atoms with Crippen molar-refractivity contribution in [2.24, 2.45) is 11.8 Å². The first-order valence-electron chi connectivity index (χ1n) is 7.59. The quantitative estimate of drug-likeness (QED) is 0.830. The fourth-order valence-electron chi connectivity index (χ4n) is 4.32. The number of hydrogen-bond donors (Lipinski definition) is 0. The smallest absolute Gasteiger partial charge is 0.205 e. The van der Waals surface area contributed by atoms with E-state index in [2.05, 4.69) is 19.2 Å². The molecule has 3 fully saturated rings. The summed E-state index contributed by atoms with van der Waals surface area (Å²) >= 11 is 1.55. The highest BCUT2D eigenvalue weighted by atomic mass is 32.1. The van der Waals surface area contributed by atoms with E-state index in [9.17, 15) is 0 Å². The van der Waals surface area contributed by atoms with Gasteiger partial charge in [0.25, 0.3) is 0 Å². The molecule has 3 atom stereocenters. The number of fused-ring (bicyclic) bond motifs is 2. The van der Waals surface area contributed by atoms with Gasteiger partial charge in [0.1, 0.15) is 5.82 Å². The molecule has 0 N–H and O–H groups in total. The Morgan fingerprint density at radius 3 is 2.53 bits per heavy atom. The Bertz CT molecular complexity index is 452. The Labute approximate surface area is 119 Å². The van der Waals surface area contributed by atoms with Gasteiger partial charge < -0.3 is 4.90 Å². The van der Waals surface area contributed by atoms with Crippen LogP contribution in [0.15, 0.2) is 0 Å². The molecule has 0 spiro atoms. The molecule has 2 aliphatic carbocycles. The molecule has 0 aromatic carbocycles. The van der Waals surface area contributed by atoms with Crippen LogP contribution in [-0.4, -0.2) is 46.5 Å². The Hall–Kier alpha value is -0.680. The molecule has 0 amide bonds. The predicted octanol–water partition coefficient (Wildman–Crippen LogP) is 2.16. The fraction of sp³-hybridized carbons (Fsp3) is 0.857. The van der Waals surface area contributed by atoms with Crippen LogP contribution in [0.5, 0.6) is 0 Å². The van der Waals surface area contributed by atoms with Crippen LogP contribution in [0, 0.1) is 18.8 Å². The molecule has 1 aromatic heterocycles. The third kappa shape index (κ3) is 2.17. The van der Waals surface area contributed by atoms with E-state index in [-0.39, 0.29) is 0 Å². The molecule has 2 heterocycles. The summed E-state index contributed by atoms with van der Waals surface area (Å²) < 4.78 is 4.29. The molecule has 1 aromatic rings. The predicted molar refractivity (Wildman–Crippen MR) is 77.7 cm³/mol. The first-order chi connectivity index (χ1) is 9.29. The number of hydrogen-bond acceptors (Lipinski definition) is 5. The van der Waals surface area contributed by atoms with Gasteiger partial charge in [-0.2, -0.15) is 4.37 Å². The monoisotopic (exact) mass is 278 g/mol. The zero-order valence-electron chi connectivity index (χ0n) is 11.6. The van der Waals surface area contributed by atoms with Crippen LogP contribution < -0.4 is 4.90 Å². The fourth-order valence-corrected chi connectivity index (χ4v) is 5.04. The van der Waals surface area contributed by atoms with Gasteiger partial charge in [0.2, 0.25) is 5.13 Å². The molecule has 2 saturated carbocycles. The van der Waals surface area contributed by atoms with E-state index in [1.165, 1.54) is 38.8 Å². The van der Waals surface area contributed by atoms with Crippen molar-refractivity contribution in [3.05, 3.63) is 5.82 Å². The molecule has 0 radical (unpaired) electrons. The first kappa shape index (κ1) is 12.1. The molecule has 19 heavy (non-hydrogen) atoms. The molecular formula is C14H22N4S. The summed E-state index contributed by atoms with van der Waals surface area (Å²) in [7, 11) is 0. The molecule has 104 valence electrons. The normalized spacial score (nSPS) is 35.2. The van der Waals surface area contributed by atoms with E-state index in [0.29, 0.717) is 0 Å². The molecule has 4 rings (SSSR count). The van der Waals surface area contributed by atoms with Crippen LogP contribution >= 0.6 is 11.5 Å². The Morgan fingerprint density at radius 1 is 1.11 bits per heavy atom. The van der Waals surface area contributed by atoms with Crippen LogP contribution in [0.4, 0.5) is 5.13 Å². The lowest BCUT2D eigenvalue weighted by Crippen LogP contribution is -2.51. The highest BCUT2D eigenvalue weighted by molar-refractivity contribution is 7.09. The van der Waals surface area contributed by atoms with Gasteiger partial charge >= 0.3 is 0 Å². The number of anilines is 1. The third-order valence-electron chi connectivity index (χ3n) is 5.27. The van der Waals surface area contributed by atoms with Gasteiger partial charge in [0.15, 0.2) is 0 Å². The van der Waals surface area contributed by atoms with E-state index in [4.69, 9.17) is 0 Å². The van der Waals surface area contributed by atoms with E-state index in [1.54, 1.807) is 11.5 Å². The van der Waals surface area contributed by atoms with E-state index in [1.807, 2.05) is 6.92 Å². The lowest BCUT2D eigenvalue weighted by molar-refractivity contribution is 0.135. The molecule has 1 saturated heterocycles. The number of aromatic nitrogens is 2. The zero-order chi connectivity index (χ0) is 12.8. The molecule has 1 aliphatic heterocycles. The van der Waals surface area contributed by atoms with Crippen LogP contribution in [0.3, 0.4) is 0 Å². The first-order valence-corrected chi connectivity index (χ1v) is 8.36. The van der Waals surface area contributed by atoms with Gasteiger partial charge in [0, 0.05) is 43.8 Å². The van der Waals surface area contributed by atoms with Gasteiger partial charge in [-0.3, -0.25) is 4.90 Å². The highest BCUT2D eigenvalue weighted by Crippen LogP contribution is 2.46. The average molecular weight is 278 g/mol. The summed E-state index contributed by atoms with van der Waals surface area (Å²) in [5.74, 6) is 2.98. The molecule has 0 unspecified atom stereocenters. The SMILES string of the molecule is Cc1nsc(N2CCN([C@H]3C[C@H]4CC[C@H]3C4)CC2)n1. The minimum atomic E-state index is 0.900. The number of nitrogens with zero attached hydrogens (tertiary/aromatic N) is 4. The van der Waals surface area contributed by atoms with Crippen LogP contribution in [0.1, 0.15) is 31.5 Å². The maximum absolute atomic E-state index is 4.51. The van der Waals surface area contributed by atoms with Gasteiger partial charge in [-0.1, -0.05) is 6.42 Å².